The van der Waals surface area contributed by atoms with Crippen LogP contribution in [0.15, 0.2) is 12.4 Å². The third-order valence-electron chi connectivity index (χ3n) is 1.85. The number of hydrogen-bond donors (Lipinski definition) is 2. The van der Waals surface area contributed by atoms with Crippen LogP contribution in [0.4, 0.5) is 5.82 Å². The van der Waals surface area contributed by atoms with Gasteiger partial charge in [-0.15, -0.1) is 0 Å². The number of nitrogens with zero attached hydrogens (tertiary/aromatic N) is 2. The molecular weight excluding hydrogens is 248 g/mol. The van der Waals surface area contributed by atoms with Gasteiger partial charge in [-0.3, -0.25) is 4.79 Å². The average Bonchev–Trinajstić information content (AvgIpc) is 2.25. The molecule has 0 aliphatic rings. The summed E-state index contributed by atoms with van der Waals surface area (Å²) in [5.41, 5.74) is 5.69. The second-order valence-electron chi connectivity index (χ2n) is 3.10. The van der Waals surface area contributed by atoms with Crippen molar-refractivity contribution >= 4 is 35.1 Å². The Labute approximate surface area is 103 Å². The van der Waals surface area contributed by atoms with Crippen molar-refractivity contribution in [2.24, 2.45) is 5.73 Å². The Hall–Kier alpha value is -0.850. The van der Waals surface area contributed by atoms with Gasteiger partial charge in [0.15, 0.2) is 0 Å². The maximum absolute atomic E-state index is 11.6. The zero-order chi connectivity index (χ0) is 12.0. The summed E-state index contributed by atoms with van der Waals surface area (Å²) in [5, 5.41) is 2.86. The van der Waals surface area contributed by atoms with Crippen molar-refractivity contribution in [1.29, 1.82) is 0 Å². The fourth-order valence-corrected chi connectivity index (χ4v) is 1.63. The van der Waals surface area contributed by atoms with Crippen LogP contribution in [-0.4, -0.2) is 33.9 Å². The zero-order valence-corrected chi connectivity index (χ0v) is 10.4. The molecule has 0 unspecified atom stereocenters. The quantitative estimate of drug-likeness (QED) is 0.777. The van der Waals surface area contributed by atoms with Gasteiger partial charge in [0.05, 0.1) is 6.04 Å². The molecule has 0 fully saturated rings. The summed E-state index contributed by atoms with van der Waals surface area (Å²) in [7, 11) is 0. The Bertz CT molecular complexity index is 363. The number of carbonyl (C=O) groups is 1. The Morgan fingerprint density at radius 2 is 2.44 bits per heavy atom. The van der Waals surface area contributed by atoms with E-state index in [0.717, 1.165) is 5.75 Å². The summed E-state index contributed by atoms with van der Waals surface area (Å²) in [6.07, 6.45) is 3.88. The minimum Gasteiger partial charge on any atom is -0.320 e. The first kappa shape index (κ1) is 13.2. The maximum atomic E-state index is 11.6. The molecule has 88 valence electrons. The molecule has 0 radical (unpaired) electrons. The summed E-state index contributed by atoms with van der Waals surface area (Å²) in [4.78, 5) is 19.1. The molecule has 0 aromatic carbocycles. The van der Waals surface area contributed by atoms with Crippen molar-refractivity contribution < 1.29 is 4.79 Å². The summed E-state index contributed by atoms with van der Waals surface area (Å²) in [6, 6.07) is 0.946. The highest BCUT2D eigenvalue weighted by Crippen LogP contribution is 2.09. The molecule has 3 N–H and O–H groups in total. The molecule has 0 bridgehead atoms. The van der Waals surface area contributed by atoms with Crippen molar-refractivity contribution in [3.05, 3.63) is 17.5 Å². The Morgan fingerprint density at radius 3 is 3.06 bits per heavy atom. The number of amides is 1. The third-order valence-corrected chi connectivity index (χ3v) is 2.71. The molecule has 7 heteroatoms. The van der Waals surface area contributed by atoms with Crippen molar-refractivity contribution in [2.45, 2.75) is 12.5 Å². The van der Waals surface area contributed by atoms with E-state index in [4.69, 9.17) is 17.3 Å². The Kier molecular flexibility index (Phi) is 5.51. The molecule has 1 heterocycles. The van der Waals surface area contributed by atoms with Crippen LogP contribution in [-0.2, 0) is 4.79 Å². The van der Waals surface area contributed by atoms with E-state index in [2.05, 4.69) is 15.3 Å². The van der Waals surface area contributed by atoms with Crippen LogP contribution in [0.3, 0.4) is 0 Å². The SMILES string of the molecule is CSCC[C@H](N)C(=O)Nc1cc(Cl)ncn1. The van der Waals surface area contributed by atoms with Gasteiger partial charge in [-0.2, -0.15) is 11.8 Å². The molecule has 0 saturated heterocycles. The van der Waals surface area contributed by atoms with Gasteiger partial charge in [-0.25, -0.2) is 9.97 Å². The molecule has 1 atom stereocenters. The van der Waals surface area contributed by atoms with E-state index in [1.54, 1.807) is 11.8 Å². The van der Waals surface area contributed by atoms with Crippen LogP contribution < -0.4 is 11.1 Å². The summed E-state index contributed by atoms with van der Waals surface area (Å²) < 4.78 is 0. The highest BCUT2D eigenvalue weighted by molar-refractivity contribution is 7.98. The Morgan fingerprint density at radius 1 is 1.69 bits per heavy atom. The summed E-state index contributed by atoms with van der Waals surface area (Å²) in [5.74, 6) is 0.951. The first-order valence-electron chi connectivity index (χ1n) is 4.66. The van der Waals surface area contributed by atoms with Crippen LogP contribution in [0.25, 0.3) is 0 Å². The number of rotatable bonds is 5. The number of carbonyl (C=O) groups excluding carboxylic acids is 1. The van der Waals surface area contributed by atoms with Crippen LogP contribution in [0.2, 0.25) is 5.15 Å². The van der Waals surface area contributed by atoms with Crippen molar-refractivity contribution in [3.8, 4) is 0 Å². The van der Waals surface area contributed by atoms with Gasteiger partial charge in [0, 0.05) is 6.07 Å². The van der Waals surface area contributed by atoms with Crippen molar-refractivity contribution in [2.75, 3.05) is 17.3 Å². The normalized spacial score (nSPS) is 12.2. The fourth-order valence-electron chi connectivity index (χ4n) is 0.997. The van der Waals surface area contributed by atoms with E-state index >= 15 is 0 Å². The molecule has 0 aliphatic carbocycles. The third kappa shape index (κ3) is 4.34. The molecule has 16 heavy (non-hydrogen) atoms. The van der Waals surface area contributed by atoms with Gasteiger partial charge in [-0.1, -0.05) is 11.6 Å². The monoisotopic (exact) mass is 260 g/mol. The smallest absolute Gasteiger partial charge is 0.242 e. The number of thioether (sulfide) groups is 1. The van der Waals surface area contributed by atoms with Gasteiger partial charge in [-0.05, 0) is 18.4 Å². The van der Waals surface area contributed by atoms with Crippen LogP contribution in [0, 0.1) is 0 Å². The van der Waals surface area contributed by atoms with Gasteiger partial charge < -0.3 is 11.1 Å². The zero-order valence-electron chi connectivity index (χ0n) is 8.81. The minimum absolute atomic E-state index is 0.260. The number of hydrogen-bond acceptors (Lipinski definition) is 5. The first-order valence-corrected chi connectivity index (χ1v) is 6.43. The first-order chi connectivity index (χ1) is 7.63. The maximum Gasteiger partial charge on any atom is 0.242 e. The lowest BCUT2D eigenvalue weighted by Gasteiger charge is -2.10. The van der Waals surface area contributed by atoms with Gasteiger partial charge in [0.2, 0.25) is 5.91 Å². The van der Waals surface area contributed by atoms with Crippen LogP contribution >= 0.6 is 23.4 Å². The number of nitrogens with two attached hydrogens (primary N) is 1. The molecule has 0 aliphatic heterocycles. The molecule has 0 saturated carbocycles. The lowest BCUT2D eigenvalue weighted by atomic mass is 10.2. The van der Waals surface area contributed by atoms with Crippen LogP contribution in [0.5, 0.6) is 0 Å². The minimum atomic E-state index is -0.527. The van der Waals surface area contributed by atoms with Crippen molar-refractivity contribution in [1.82, 2.24) is 9.97 Å². The molecule has 1 aromatic heterocycles. The van der Waals surface area contributed by atoms with E-state index in [-0.39, 0.29) is 11.1 Å². The highest BCUT2D eigenvalue weighted by atomic mass is 35.5. The highest BCUT2D eigenvalue weighted by Gasteiger charge is 2.13. The molecule has 1 amide bonds. The summed E-state index contributed by atoms with van der Waals surface area (Å²) >= 11 is 7.30. The van der Waals surface area contributed by atoms with Gasteiger partial charge in [0.25, 0.3) is 0 Å². The predicted octanol–water partition coefficient (Wildman–Crippen LogP) is 1.15. The van der Waals surface area contributed by atoms with E-state index in [1.807, 2.05) is 6.26 Å². The molecule has 0 spiro atoms. The molecular formula is C9H13ClN4OS. The van der Waals surface area contributed by atoms with Gasteiger partial charge in [0.1, 0.15) is 17.3 Å². The second kappa shape index (κ2) is 6.67. The standard InChI is InChI=1S/C9H13ClN4OS/c1-16-3-2-6(11)9(15)14-8-4-7(10)12-5-13-8/h4-6H,2-3,11H2,1H3,(H,12,13,14,15)/t6-/m0/s1. The van der Waals surface area contributed by atoms with Crippen molar-refractivity contribution in [3.63, 3.8) is 0 Å². The van der Waals surface area contributed by atoms with Gasteiger partial charge >= 0.3 is 0 Å². The molecule has 5 nitrogen and oxygen atoms in total. The largest absolute Gasteiger partial charge is 0.320 e. The molecule has 1 rings (SSSR count). The summed E-state index contributed by atoms with van der Waals surface area (Å²) in [6.45, 7) is 0. The topological polar surface area (TPSA) is 80.9 Å². The number of anilines is 1. The molecule has 1 aromatic rings. The van der Waals surface area contributed by atoms with E-state index < -0.39 is 6.04 Å². The van der Waals surface area contributed by atoms with E-state index in [1.165, 1.54) is 12.4 Å². The lowest BCUT2D eigenvalue weighted by molar-refractivity contribution is -0.117. The predicted molar refractivity (Wildman–Crippen MR) is 66.6 cm³/mol. The number of nitrogens with one attached hydrogen (secondary N) is 1. The number of aromatic nitrogens is 2. The number of halogens is 1. The lowest BCUT2D eigenvalue weighted by Crippen LogP contribution is -2.36. The van der Waals surface area contributed by atoms with Crippen LogP contribution in [0.1, 0.15) is 6.42 Å². The second-order valence-corrected chi connectivity index (χ2v) is 4.48. The van der Waals surface area contributed by atoms with E-state index in [0.29, 0.717) is 12.2 Å². The van der Waals surface area contributed by atoms with E-state index in [9.17, 15) is 4.79 Å². The average molecular weight is 261 g/mol. The Balaban J connectivity index is 2.50. The fraction of sp³-hybridized carbons (Fsp3) is 0.444.